The molecule has 0 aliphatic rings. The Kier molecular flexibility index (Phi) is 4.83. The van der Waals surface area contributed by atoms with E-state index < -0.39 is 0 Å². The summed E-state index contributed by atoms with van der Waals surface area (Å²) >= 11 is 0. The molecule has 28 heavy (non-hydrogen) atoms. The number of benzene rings is 3. The van der Waals surface area contributed by atoms with E-state index in [4.69, 9.17) is 0 Å². The van der Waals surface area contributed by atoms with Gasteiger partial charge in [-0.15, -0.1) is 0 Å². The van der Waals surface area contributed by atoms with Gasteiger partial charge in [-0.05, 0) is 28.5 Å². The molecule has 0 saturated heterocycles. The van der Waals surface area contributed by atoms with E-state index in [0.29, 0.717) is 11.1 Å². The normalized spacial score (nSPS) is 10.3. The van der Waals surface area contributed by atoms with Gasteiger partial charge in [-0.3, -0.25) is 4.79 Å². The van der Waals surface area contributed by atoms with E-state index in [-0.39, 0.29) is 17.2 Å². The summed E-state index contributed by atoms with van der Waals surface area (Å²) in [5.41, 5.74) is 3.98. The van der Waals surface area contributed by atoms with E-state index in [9.17, 15) is 9.90 Å². The van der Waals surface area contributed by atoms with Crippen LogP contribution >= 0.6 is 0 Å². The van der Waals surface area contributed by atoms with Gasteiger partial charge in [0.05, 0.1) is 0 Å². The highest BCUT2D eigenvalue weighted by Gasteiger charge is 2.22. The molecular formula is C25H17NO2. The number of hydrogen-bond acceptors (Lipinski definition) is 2. The molecule has 3 nitrogen and oxygen atoms in total. The molecular weight excluding hydrogens is 346 g/mol. The van der Waals surface area contributed by atoms with Crippen molar-refractivity contribution >= 4 is 28.0 Å². The maximum atomic E-state index is 13.2. The number of fused-ring (bicyclic) bond motifs is 1. The lowest BCUT2D eigenvalue weighted by molar-refractivity contribution is -0.575. The highest BCUT2D eigenvalue weighted by Crippen LogP contribution is 2.14. The molecule has 4 rings (SSSR count). The van der Waals surface area contributed by atoms with Gasteiger partial charge in [-0.2, -0.15) is 4.57 Å². The van der Waals surface area contributed by atoms with Gasteiger partial charge in [0, 0.05) is 17.0 Å². The summed E-state index contributed by atoms with van der Waals surface area (Å²) in [5, 5.41) is 14.8. The summed E-state index contributed by atoms with van der Waals surface area (Å²) in [5.74, 6) is -0.592. The van der Waals surface area contributed by atoms with Crippen molar-refractivity contribution in [1.29, 1.82) is 0 Å². The molecule has 0 amide bonds. The van der Waals surface area contributed by atoms with Crippen molar-refractivity contribution in [2.45, 2.75) is 0 Å². The van der Waals surface area contributed by atoms with Crippen LogP contribution in [0.5, 0.6) is 0 Å². The van der Waals surface area contributed by atoms with Gasteiger partial charge in [0.2, 0.25) is 0 Å². The number of carbonyl (C=O) groups excluding carboxylic acids is 1. The second kappa shape index (κ2) is 7.75. The first-order valence-corrected chi connectivity index (χ1v) is 8.96. The Morgan fingerprint density at radius 3 is 1.96 bits per heavy atom. The molecule has 0 fully saturated rings. The molecule has 0 N–H and O–H groups in total. The minimum Gasteiger partial charge on any atom is -0.866 e. The molecule has 4 aromatic rings. The lowest BCUT2D eigenvalue weighted by Gasteiger charge is -2.08. The zero-order chi connectivity index (χ0) is 19.3. The van der Waals surface area contributed by atoms with Gasteiger partial charge in [0.1, 0.15) is 0 Å². The maximum Gasteiger partial charge on any atom is 0.302 e. The monoisotopic (exact) mass is 363 g/mol. The average molecular weight is 363 g/mol. The van der Waals surface area contributed by atoms with Gasteiger partial charge in [-0.25, -0.2) is 0 Å². The van der Waals surface area contributed by atoms with E-state index in [1.807, 2.05) is 48.7 Å². The fraction of sp³-hybridized carbons (Fsp3) is 0. The number of nitrogens with zero attached hydrogens (tertiary/aromatic N) is 1. The molecule has 0 unspecified atom stereocenters. The number of allylic oxidation sites excluding steroid dienone is 1. The van der Waals surface area contributed by atoms with Crippen LogP contribution in [0, 0.1) is 0 Å². The third-order valence-corrected chi connectivity index (χ3v) is 4.47. The topological polar surface area (TPSA) is 44.0 Å². The van der Waals surface area contributed by atoms with Crippen LogP contribution in [0.25, 0.3) is 22.2 Å². The average Bonchev–Trinajstić information content (AvgIpc) is 2.77. The maximum absolute atomic E-state index is 13.2. The standard InChI is InChI=1S/C25H17NO2/c27-24(20-10-3-1-4-11-20)17-23(25(28)21-12-5-2-6-13-21)26-16-15-19-9-7-8-14-22(19)18-26/h1-16,18H. The van der Waals surface area contributed by atoms with Crippen LogP contribution < -0.4 is 9.67 Å². The van der Waals surface area contributed by atoms with Crippen molar-refractivity contribution in [3.63, 3.8) is 0 Å². The number of ketones is 1. The summed E-state index contributed by atoms with van der Waals surface area (Å²) < 4.78 is 1.67. The number of carbonyl (C=O) groups is 1. The second-order valence-electron chi connectivity index (χ2n) is 6.34. The molecule has 0 radical (unpaired) electrons. The summed E-state index contributed by atoms with van der Waals surface area (Å²) in [6.45, 7) is 0. The van der Waals surface area contributed by atoms with Crippen molar-refractivity contribution in [1.82, 2.24) is 0 Å². The minimum atomic E-state index is -0.333. The SMILES string of the molecule is O=C(C(=C=C([O-])c1ccccc1)[n+]1ccc2ccccc2c1)c1ccccc1. The quantitative estimate of drug-likeness (QED) is 0.182. The Bertz CT molecular complexity index is 1210. The summed E-state index contributed by atoms with van der Waals surface area (Å²) in [6.07, 6.45) is 3.63. The number of pyridine rings is 1. The predicted octanol–water partition coefficient (Wildman–Crippen LogP) is 3.85. The molecule has 0 atom stereocenters. The Morgan fingerprint density at radius 2 is 1.29 bits per heavy atom. The minimum absolute atomic E-state index is 0.186. The second-order valence-corrected chi connectivity index (χ2v) is 6.34. The largest absolute Gasteiger partial charge is 0.866 e. The van der Waals surface area contributed by atoms with Crippen molar-refractivity contribution < 1.29 is 14.5 Å². The third-order valence-electron chi connectivity index (χ3n) is 4.47. The fourth-order valence-electron chi connectivity index (χ4n) is 3.01. The Morgan fingerprint density at radius 1 is 0.714 bits per heavy atom. The Labute approximate surface area is 163 Å². The number of Topliss-reactive ketones (excluding diaryl/α,β-unsaturated/α-hetero) is 1. The Balaban J connectivity index is 1.93. The van der Waals surface area contributed by atoms with Crippen molar-refractivity contribution in [2.75, 3.05) is 0 Å². The van der Waals surface area contributed by atoms with Crippen LogP contribution in [0.4, 0.5) is 0 Å². The zero-order valence-electron chi connectivity index (χ0n) is 15.1. The molecule has 0 spiro atoms. The number of hydrogen-bond donors (Lipinski definition) is 0. The van der Waals surface area contributed by atoms with Gasteiger partial charge in [-0.1, -0.05) is 78.9 Å². The van der Waals surface area contributed by atoms with Gasteiger partial charge in [0.25, 0.3) is 5.78 Å². The fourth-order valence-corrected chi connectivity index (χ4v) is 3.01. The highest BCUT2D eigenvalue weighted by molar-refractivity contribution is 6.21. The summed E-state index contributed by atoms with van der Waals surface area (Å²) in [4.78, 5) is 13.2. The first-order valence-electron chi connectivity index (χ1n) is 8.96. The molecule has 0 saturated carbocycles. The van der Waals surface area contributed by atoms with E-state index >= 15 is 0 Å². The zero-order valence-corrected chi connectivity index (χ0v) is 15.1. The van der Waals surface area contributed by atoms with Crippen LogP contribution in [0.1, 0.15) is 15.9 Å². The van der Waals surface area contributed by atoms with Gasteiger partial charge in [0.15, 0.2) is 12.4 Å². The molecule has 3 heteroatoms. The smallest absolute Gasteiger partial charge is 0.302 e. The van der Waals surface area contributed by atoms with Gasteiger partial charge < -0.3 is 5.11 Å². The molecule has 0 aliphatic carbocycles. The van der Waals surface area contributed by atoms with Crippen LogP contribution in [0.15, 0.2) is 109 Å². The first-order chi connectivity index (χ1) is 13.7. The van der Waals surface area contributed by atoms with Crippen molar-refractivity contribution in [2.24, 2.45) is 0 Å². The van der Waals surface area contributed by atoms with E-state index in [1.165, 1.54) is 0 Å². The van der Waals surface area contributed by atoms with Crippen LogP contribution in [0.3, 0.4) is 0 Å². The van der Waals surface area contributed by atoms with Crippen molar-refractivity contribution in [3.8, 4) is 0 Å². The van der Waals surface area contributed by atoms with Crippen LogP contribution in [-0.4, -0.2) is 5.78 Å². The first kappa shape index (κ1) is 17.5. The molecule has 1 heterocycles. The molecule has 134 valence electrons. The lowest BCUT2D eigenvalue weighted by atomic mass is 10.1. The highest BCUT2D eigenvalue weighted by atomic mass is 16.3. The molecule has 3 aromatic carbocycles. The van der Waals surface area contributed by atoms with Crippen molar-refractivity contribution in [3.05, 3.63) is 120 Å². The van der Waals surface area contributed by atoms with Crippen LogP contribution in [0.2, 0.25) is 0 Å². The summed E-state index contributed by atoms with van der Waals surface area (Å²) in [6, 6.07) is 27.6. The van der Waals surface area contributed by atoms with E-state index in [0.717, 1.165) is 10.8 Å². The van der Waals surface area contributed by atoms with E-state index in [1.54, 1.807) is 59.3 Å². The number of rotatable bonds is 4. The predicted molar refractivity (Wildman–Crippen MR) is 108 cm³/mol. The van der Waals surface area contributed by atoms with Crippen LogP contribution in [-0.2, 0) is 0 Å². The molecule has 0 bridgehead atoms. The molecule has 0 aliphatic heterocycles. The number of aromatic nitrogens is 1. The third kappa shape index (κ3) is 3.61. The summed E-state index contributed by atoms with van der Waals surface area (Å²) in [7, 11) is 0. The van der Waals surface area contributed by atoms with E-state index in [2.05, 4.69) is 5.73 Å². The molecule has 1 aromatic heterocycles. The Hall–Kier alpha value is -3.94. The van der Waals surface area contributed by atoms with Gasteiger partial charge >= 0.3 is 5.70 Å². The lowest BCUT2D eigenvalue weighted by Crippen LogP contribution is -2.35.